The third-order valence-electron chi connectivity index (χ3n) is 5.40. The average Bonchev–Trinajstić information content (AvgIpc) is 2.87. The number of hydrogen-bond acceptors (Lipinski definition) is 8. The molecular formula is C30H50N6O7. The SMILES string of the molecule is CN(C)CCCNC(=O)c1cc(C(=O)NCCCNC(=O)OC(C)(C)C)cc(C(=O)NCCCNC(=O)OC(C)(C)C)c1. The molecule has 0 unspecified atom stereocenters. The molecule has 1 rings (SSSR count). The third kappa shape index (κ3) is 17.6. The Labute approximate surface area is 255 Å². The van der Waals surface area contributed by atoms with E-state index in [1.165, 1.54) is 18.2 Å². The van der Waals surface area contributed by atoms with E-state index >= 15 is 0 Å². The van der Waals surface area contributed by atoms with Gasteiger partial charge in [0.15, 0.2) is 0 Å². The number of nitrogens with zero attached hydrogens (tertiary/aromatic N) is 1. The van der Waals surface area contributed by atoms with E-state index in [0.717, 1.165) is 13.0 Å². The summed E-state index contributed by atoms with van der Waals surface area (Å²) in [6.07, 6.45) is 0.545. The fourth-order valence-corrected chi connectivity index (χ4v) is 3.51. The number of carbonyl (C=O) groups excluding carboxylic acids is 5. The highest BCUT2D eigenvalue weighted by atomic mass is 16.6. The summed E-state index contributed by atoms with van der Waals surface area (Å²) >= 11 is 0. The maximum atomic E-state index is 12.9. The lowest BCUT2D eigenvalue weighted by atomic mass is 10.0. The molecular weight excluding hydrogens is 556 g/mol. The Morgan fingerprint density at radius 2 is 0.860 bits per heavy atom. The van der Waals surface area contributed by atoms with Crippen LogP contribution in [-0.2, 0) is 9.47 Å². The van der Waals surface area contributed by atoms with Crippen LogP contribution in [-0.4, -0.2) is 99.4 Å². The van der Waals surface area contributed by atoms with Crippen molar-refractivity contribution in [3.05, 3.63) is 34.9 Å². The van der Waals surface area contributed by atoms with E-state index in [2.05, 4.69) is 26.6 Å². The van der Waals surface area contributed by atoms with Gasteiger partial charge in [-0.1, -0.05) is 0 Å². The van der Waals surface area contributed by atoms with Crippen LogP contribution in [0.15, 0.2) is 18.2 Å². The standard InChI is InChI=1S/C30H50N6O7/c1-29(2,3)42-27(40)34-14-9-12-31-24(37)21-18-22(20-23(19-21)26(39)33-16-11-17-36(7)8)25(38)32-13-10-15-35-28(41)43-30(4,5)6/h18-20H,9-17H2,1-8H3,(H,31,37)(H,32,38)(H,33,39)(H,34,40)(H,35,41). The summed E-state index contributed by atoms with van der Waals surface area (Å²) in [5.74, 6) is -1.32. The number of benzene rings is 1. The fourth-order valence-electron chi connectivity index (χ4n) is 3.51. The lowest BCUT2D eigenvalue weighted by Gasteiger charge is -2.19. The minimum atomic E-state index is -0.608. The van der Waals surface area contributed by atoms with Crippen molar-refractivity contribution in [2.75, 3.05) is 53.4 Å². The highest BCUT2D eigenvalue weighted by Crippen LogP contribution is 2.12. The quantitative estimate of drug-likeness (QED) is 0.190. The number of alkyl carbamates (subject to hydrolysis) is 2. The Morgan fingerprint density at radius 3 is 1.16 bits per heavy atom. The molecule has 1 aromatic rings. The van der Waals surface area contributed by atoms with Crippen molar-refractivity contribution in [3.63, 3.8) is 0 Å². The lowest BCUT2D eigenvalue weighted by Crippen LogP contribution is -2.35. The molecule has 0 fully saturated rings. The first-order valence-electron chi connectivity index (χ1n) is 14.5. The summed E-state index contributed by atoms with van der Waals surface area (Å²) in [5, 5.41) is 13.6. The topological polar surface area (TPSA) is 167 Å². The van der Waals surface area contributed by atoms with Gasteiger partial charge in [0.05, 0.1) is 0 Å². The van der Waals surface area contributed by atoms with E-state index < -0.39 is 41.1 Å². The van der Waals surface area contributed by atoms with Gasteiger partial charge in [-0.25, -0.2) is 9.59 Å². The van der Waals surface area contributed by atoms with Crippen LogP contribution in [0.4, 0.5) is 9.59 Å². The zero-order valence-corrected chi connectivity index (χ0v) is 26.9. The lowest BCUT2D eigenvalue weighted by molar-refractivity contribution is 0.0515. The molecule has 0 bridgehead atoms. The van der Waals surface area contributed by atoms with Crippen molar-refractivity contribution in [3.8, 4) is 0 Å². The van der Waals surface area contributed by atoms with Crippen LogP contribution < -0.4 is 26.6 Å². The Morgan fingerprint density at radius 1 is 0.558 bits per heavy atom. The van der Waals surface area contributed by atoms with Gasteiger partial charge in [0.25, 0.3) is 17.7 Å². The summed E-state index contributed by atoms with van der Waals surface area (Å²) in [4.78, 5) is 64.3. The van der Waals surface area contributed by atoms with Crippen LogP contribution in [0.3, 0.4) is 0 Å². The molecule has 5 N–H and O–H groups in total. The van der Waals surface area contributed by atoms with E-state index in [0.29, 0.717) is 32.5 Å². The van der Waals surface area contributed by atoms with Crippen LogP contribution in [0.1, 0.15) is 91.9 Å². The molecule has 0 spiro atoms. The molecule has 0 saturated heterocycles. The molecule has 0 aromatic heterocycles. The van der Waals surface area contributed by atoms with Crippen LogP contribution in [0.25, 0.3) is 0 Å². The first kappa shape index (κ1) is 37.2. The van der Waals surface area contributed by atoms with E-state index in [1.54, 1.807) is 41.5 Å². The average molecular weight is 607 g/mol. The van der Waals surface area contributed by atoms with Crippen molar-refractivity contribution < 1.29 is 33.4 Å². The van der Waals surface area contributed by atoms with Gasteiger partial charge in [0, 0.05) is 49.4 Å². The van der Waals surface area contributed by atoms with Gasteiger partial charge in [-0.3, -0.25) is 14.4 Å². The molecule has 13 nitrogen and oxygen atoms in total. The Bertz CT molecular complexity index is 1030. The van der Waals surface area contributed by atoms with Crippen LogP contribution in [0.5, 0.6) is 0 Å². The smallest absolute Gasteiger partial charge is 0.407 e. The molecule has 1 aromatic carbocycles. The molecule has 13 heteroatoms. The van der Waals surface area contributed by atoms with Crippen LogP contribution in [0.2, 0.25) is 0 Å². The molecule has 5 amide bonds. The Hall–Kier alpha value is -3.87. The minimum Gasteiger partial charge on any atom is -0.444 e. The van der Waals surface area contributed by atoms with E-state index in [1.807, 2.05) is 19.0 Å². The van der Waals surface area contributed by atoms with E-state index in [-0.39, 0.29) is 29.8 Å². The predicted molar refractivity (Wildman–Crippen MR) is 164 cm³/mol. The summed E-state index contributed by atoms with van der Waals surface area (Å²) in [6, 6.07) is 4.31. The van der Waals surface area contributed by atoms with Gasteiger partial charge in [-0.15, -0.1) is 0 Å². The van der Waals surface area contributed by atoms with Gasteiger partial charge in [-0.2, -0.15) is 0 Å². The molecule has 43 heavy (non-hydrogen) atoms. The number of hydrogen-bond donors (Lipinski definition) is 5. The Balaban J connectivity index is 2.80. The number of carbonyl (C=O) groups is 5. The highest BCUT2D eigenvalue weighted by molar-refractivity contribution is 6.04. The zero-order chi connectivity index (χ0) is 32.6. The number of amides is 5. The van der Waals surface area contributed by atoms with Crippen molar-refractivity contribution in [2.24, 2.45) is 0 Å². The van der Waals surface area contributed by atoms with Crippen LogP contribution >= 0.6 is 0 Å². The largest absolute Gasteiger partial charge is 0.444 e. The summed E-state index contributed by atoms with van der Waals surface area (Å²) < 4.78 is 10.4. The predicted octanol–water partition coefficient (Wildman–Crippen LogP) is 2.66. The zero-order valence-electron chi connectivity index (χ0n) is 26.9. The summed E-state index contributed by atoms with van der Waals surface area (Å²) in [5.41, 5.74) is -0.734. The number of ether oxygens (including phenoxy) is 2. The molecule has 242 valence electrons. The Kier molecular flexibility index (Phi) is 15.5. The van der Waals surface area contributed by atoms with Crippen LogP contribution in [0, 0.1) is 0 Å². The second-order valence-electron chi connectivity index (χ2n) is 12.3. The van der Waals surface area contributed by atoms with Gasteiger partial charge in [-0.05, 0) is 99.6 Å². The maximum Gasteiger partial charge on any atom is 0.407 e. The van der Waals surface area contributed by atoms with Gasteiger partial charge < -0.3 is 41.0 Å². The van der Waals surface area contributed by atoms with Crippen molar-refractivity contribution >= 4 is 29.9 Å². The van der Waals surface area contributed by atoms with Gasteiger partial charge in [0.1, 0.15) is 11.2 Å². The van der Waals surface area contributed by atoms with Gasteiger partial charge >= 0.3 is 12.2 Å². The summed E-state index contributed by atoms with van der Waals surface area (Å²) in [7, 11) is 3.88. The number of nitrogens with one attached hydrogen (secondary N) is 5. The molecule has 0 aliphatic carbocycles. The summed E-state index contributed by atoms with van der Waals surface area (Å²) in [6.45, 7) is 12.9. The first-order valence-corrected chi connectivity index (χ1v) is 14.5. The first-order chi connectivity index (χ1) is 20.0. The van der Waals surface area contributed by atoms with Gasteiger partial charge in [0.2, 0.25) is 0 Å². The van der Waals surface area contributed by atoms with E-state index in [4.69, 9.17) is 9.47 Å². The molecule has 0 saturated carbocycles. The maximum absolute atomic E-state index is 12.9. The molecule has 0 aliphatic heterocycles. The molecule has 0 radical (unpaired) electrons. The fraction of sp³-hybridized carbons (Fsp3) is 0.633. The monoisotopic (exact) mass is 606 g/mol. The second kappa shape index (κ2) is 17.9. The number of rotatable bonds is 15. The van der Waals surface area contributed by atoms with Crippen molar-refractivity contribution in [1.29, 1.82) is 0 Å². The van der Waals surface area contributed by atoms with Crippen molar-refractivity contribution in [2.45, 2.75) is 72.0 Å². The van der Waals surface area contributed by atoms with E-state index in [9.17, 15) is 24.0 Å². The normalized spacial score (nSPS) is 11.4. The molecule has 0 heterocycles. The minimum absolute atomic E-state index is 0.151. The third-order valence-corrected chi connectivity index (χ3v) is 5.40. The highest BCUT2D eigenvalue weighted by Gasteiger charge is 2.18. The second-order valence-corrected chi connectivity index (χ2v) is 12.3. The molecule has 0 atom stereocenters. The molecule has 0 aliphatic rings. The van der Waals surface area contributed by atoms with Crippen molar-refractivity contribution in [1.82, 2.24) is 31.5 Å².